The highest BCUT2D eigenvalue weighted by Gasteiger charge is 2.11. The number of nitrogens with zero attached hydrogens (tertiary/aromatic N) is 2. The number of aryl methyl sites for hydroxylation is 1. The van der Waals surface area contributed by atoms with Gasteiger partial charge in [0.05, 0.1) is 11.4 Å². The van der Waals surface area contributed by atoms with E-state index in [1.165, 1.54) is 18.2 Å². The zero-order chi connectivity index (χ0) is 17.7. The van der Waals surface area contributed by atoms with Crippen molar-refractivity contribution in [1.82, 2.24) is 15.1 Å². The molecule has 0 saturated carbocycles. The van der Waals surface area contributed by atoms with Gasteiger partial charge in [-0.3, -0.25) is 4.79 Å². The van der Waals surface area contributed by atoms with Crippen molar-refractivity contribution in [2.75, 3.05) is 13.2 Å². The first-order valence-corrected chi connectivity index (χ1v) is 7.81. The molecule has 1 aromatic carbocycles. The molecule has 128 valence electrons. The summed E-state index contributed by atoms with van der Waals surface area (Å²) in [7, 11) is 0. The van der Waals surface area contributed by atoms with Gasteiger partial charge in [-0.15, -0.1) is 0 Å². The number of hydrogen-bond acceptors (Lipinski definition) is 3. The van der Waals surface area contributed by atoms with Gasteiger partial charge >= 0.3 is 0 Å². The molecule has 6 heteroatoms. The van der Waals surface area contributed by atoms with Gasteiger partial charge in [0.25, 0.3) is 0 Å². The van der Waals surface area contributed by atoms with Crippen molar-refractivity contribution in [1.29, 1.82) is 0 Å². The van der Waals surface area contributed by atoms with E-state index in [0.29, 0.717) is 6.54 Å². The van der Waals surface area contributed by atoms with Crippen molar-refractivity contribution in [3.8, 4) is 5.69 Å². The molecule has 0 radical (unpaired) electrons. The lowest BCUT2D eigenvalue weighted by molar-refractivity contribution is -0.116. The number of hydrogen-bond donors (Lipinski definition) is 2. The summed E-state index contributed by atoms with van der Waals surface area (Å²) in [6, 6.07) is 6.09. The average Bonchev–Trinajstić information content (AvgIpc) is 2.85. The zero-order valence-corrected chi connectivity index (χ0v) is 14.1. The molecule has 0 saturated heterocycles. The van der Waals surface area contributed by atoms with Crippen LogP contribution in [0.2, 0.25) is 0 Å². The molecule has 0 aliphatic heterocycles. The monoisotopic (exact) mass is 331 g/mol. The Morgan fingerprint density at radius 1 is 1.38 bits per heavy atom. The molecule has 2 aromatic rings. The van der Waals surface area contributed by atoms with Gasteiger partial charge in [-0.25, -0.2) is 9.07 Å². The minimum Gasteiger partial charge on any atom is -0.396 e. The second-order valence-corrected chi connectivity index (χ2v) is 5.84. The molecule has 24 heavy (non-hydrogen) atoms. The number of aromatic nitrogens is 2. The fraction of sp³-hybridized carbons (Fsp3) is 0.333. The Kier molecular flexibility index (Phi) is 5.87. The standard InChI is InChI=1S/C18H22FN3O2/c1-12(11-23)10-20-18(24)9-8-17-13(2)21-22(14(17)3)16-6-4-15(19)5-7-16/h4-9,12,23H,10-11H2,1-3H3,(H,20,24)/b9-8+. The average molecular weight is 331 g/mol. The maximum Gasteiger partial charge on any atom is 0.244 e. The first-order chi connectivity index (χ1) is 11.4. The van der Waals surface area contributed by atoms with Gasteiger partial charge in [0, 0.05) is 30.5 Å². The summed E-state index contributed by atoms with van der Waals surface area (Å²) in [5.41, 5.74) is 3.26. The second-order valence-electron chi connectivity index (χ2n) is 5.84. The van der Waals surface area contributed by atoms with Crippen LogP contribution in [0.25, 0.3) is 11.8 Å². The van der Waals surface area contributed by atoms with Crippen LogP contribution in [0, 0.1) is 25.6 Å². The molecule has 1 amide bonds. The molecule has 5 nitrogen and oxygen atoms in total. The van der Waals surface area contributed by atoms with Crippen molar-refractivity contribution >= 4 is 12.0 Å². The van der Waals surface area contributed by atoms with Crippen LogP contribution in [0.1, 0.15) is 23.9 Å². The molecular weight excluding hydrogens is 309 g/mol. The molecule has 0 aliphatic rings. The van der Waals surface area contributed by atoms with Crippen LogP contribution in [0.4, 0.5) is 4.39 Å². The Morgan fingerprint density at radius 2 is 2.04 bits per heavy atom. The lowest BCUT2D eigenvalue weighted by Gasteiger charge is -2.07. The first-order valence-electron chi connectivity index (χ1n) is 7.81. The normalized spacial score (nSPS) is 12.5. The Balaban J connectivity index is 2.15. The van der Waals surface area contributed by atoms with Crippen LogP contribution in [-0.2, 0) is 4.79 Å². The lowest BCUT2D eigenvalue weighted by atomic mass is 10.1. The van der Waals surface area contributed by atoms with Crippen molar-refractivity contribution < 1.29 is 14.3 Å². The van der Waals surface area contributed by atoms with Crippen LogP contribution in [0.3, 0.4) is 0 Å². The topological polar surface area (TPSA) is 67.2 Å². The third kappa shape index (κ3) is 4.29. The van der Waals surface area contributed by atoms with Crippen molar-refractivity contribution in [3.05, 3.63) is 53.1 Å². The van der Waals surface area contributed by atoms with E-state index in [1.54, 1.807) is 22.9 Å². The number of nitrogens with one attached hydrogen (secondary N) is 1. The van der Waals surface area contributed by atoms with Crippen LogP contribution in [0.5, 0.6) is 0 Å². The fourth-order valence-electron chi connectivity index (χ4n) is 2.29. The summed E-state index contributed by atoms with van der Waals surface area (Å²) in [5.74, 6) is -0.496. The Hall–Kier alpha value is -2.47. The van der Waals surface area contributed by atoms with Crippen LogP contribution in [0.15, 0.2) is 30.3 Å². The molecule has 1 heterocycles. The number of halogens is 1. The fourth-order valence-corrected chi connectivity index (χ4v) is 2.29. The molecule has 0 bridgehead atoms. The SMILES string of the molecule is Cc1nn(-c2ccc(F)cc2)c(C)c1/C=C/C(=O)NCC(C)CO. The van der Waals surface area contributed by atoms with Gasteiger partial charge < -0.3 is 10.4 Å². The van der Waals surface area contributed by atoms with E-state index in [9.17, 15) is 9.18 Å². The highest BCUT2D eigenvalue weighted by molar-refractivity contribution is 5.92. The lowest BCUT2D eigenvalue weighted by Crippen LogP contribution is -2.27. The van der Waals surface area contributed by atoms with Gasteiger partial charge in [-0.1, -0.05) is 6.92 Å². The molecule has 1 aromatic heterocycles. The largest absolute Gasteiger partial charge is 0.396 e. The zero-order valence-electron chi connectivity index (χ0n) is 14.1. The molecule has 1 unspecified atom stereocenters. The van der Waals surface area contributed by atoms with E-state index in [2.05, 4.69) is 10.4 Å². The number of amides is 1. The van der Waals surface area contributed by atoms with Crippen LogP contribution >= 0.6 is 0 Å². The van der Waals surface area contributed by atoms with Gasteiger partial charge in [0.15, 0.2) is 0 Å². The summed E-state index contributed by atoms with van der Waals surface area (Å²) in [6.07, 6.45) is 3.17. The number of rotatable bonds is 6. The Bertz CT molecular complexity index is 735. The molecule has 2 rings (SSSR count). The van der Waals surface area contributed by atoms with Gasteiger partial charge in [-0.2, -0.15) is 5.10 Å². The highest BCUT2D eigenvalue weighted by atomic mass is 19.1. The summed E-state index contributed by atoms with van der Waals surface area (Å²) >= 11 is 0. The van der Waals surface area contributed by atoms with E-state index in [1.807, 2.05) is 20.8 Å². The molecule has 0 aliphatic carbocycles. The molecule has 0 fully saturated rings. The predicted octanol–water partition coefficient (Wildman–Crippen LogP) is 2.39. The number of carbonyl (C=O) groups excluding carboxylic acids is 1. The van der Waals surface area contributed by atoms with Crippen molar-refractivity contribution in [3.63, 3.8) is 0 Å². The Labute approximate surface area is 140 Å². The molecule has 2 N–H and O–H groups in total. The Morgan fingerprint density at radius 3 is 2.67 bits per heavy atom. The summed E-state index contributed by atoms with van der Waals surface area (Å²) < 4.78 is 14.8. The van der Waals surface area contributed by atoms with E-state index in [4.69, 9.17) is 5.11 Å². The number of benzene rings is 1. The van der Waals surface area contributed by atoms with Crippen molar-refractivity contribution in [2.45, 2.75) is 20.8 Å². The minimum atomic E-state index is -0.297. The third-order valence-electron chi connectivity index (χ3n) is 3.76. The summed E-state index contributed by atoms with van der Waals surface area (Å²) in [5, 5.41) is 16.1. The third-order valence-corrected chi connectivity index (χ3v) is 3.76. The highest BCUT2D eigenvalue weighted by Crippen LogP contribution is 2.19. The van der Waals surface area contributed by atoms with E-state index >= 15 is 0 Å². The molecular formula is C18H22FN3O2. The molecule has 0 spiro atoms. The number of aliphatic hydroxyl groups is 1. The smallest absolute Gasteiger partial charge is 0.244 e. The van der Waals surface area contributed by atoms with E-state index in [0.717, 1.165) is 22.6 Å². The molecule has 1 atom stereocenters. The summed E-state index contributed by atoms with van der Waals surface area (Å²) in [6.45, 7) is 6.07. The summed E-state index contributed by atoms with van der Waals surface area (Å²) in [4.78, 5) is 11.8. The maximum atomic E-state index is 13.1. The maximum absolute atomic E-state index is 13.1. The predicted molar refractivity (Wildman–Crippen MR) is 91.3 cm³/mol. The minimum absolute atomic E-state index is 0.0204. The van der Waals surface area contributed by atoms with Crippen LogP contribution in [-0.4, -0.2) is 33.9 Å². The quantitative estimate of drug-likeness (QED) is 0.799. The second kappa shape index (κ2) is 7.88. The number of aliphatic hydroxyl groups excluding tert-OH is 1. The first kappa shape index (κ1) is 17.9. The van der Waals surface area contributed by atoms with Gasteiger partial charge in [0.1, 0.15) is 5.82 Å². The van der Waals surface area contributed by atoms with Gasteiger partial charge in [-0.05, 0) is 50.1 Å². The van der Waals surface area contributed by atoms with Crippen molar-refractivity contribution in [2.24, 2.45) is 5.92 Å². The van der Waals surface area contributed by atoms with Crippen LogP contribution < -0.4 is 5.32 Å². The van der Waals surface area contributed by atoms with E-state index in [-0.39, 0.29) is 24.2 Å². The van der Waals surface area contributed by atoms with Gasteiger partial charge in [0.2, 0.25) is 5.91 Å². The number of carbonyl (C=O) groups is 1. The van der Waals surface area contributed by atoms with E-state index < -0.39 is 0 Å².